The van der Waals surface area contributed by atoms with Crippen molar-refractivity contribution in [1.29, 1.82) is 0 Å². The Labute approximate surface area is 257 Å². The minimum absolute atomic E-state index is 0.0245. The molecule has 0 aliphatic carbocycles. The highest BCUT2D eigenvalue weighted by atomic mass is 35.5. The van der Waals surface area contributed by atoms with Crippen molar-refractivity contribution < 1.29 is 31.2 Å². The number of nitrogens with zero attached hydrogens (tertiary/aromatic N) is 3. The fourth-order valence-electron chi connectivity index (χ4n) is 4.76. The summed E-state index contributed by atoms with van der Waals surface area (Å²) in [7, 11) is -7.88. The van der Waals surface area contributed by atoms with E-state index >= 15 is 0 Å². The number of anilines is 1. The molecule has 2 aromatic rings. The van der Waals surface area contributed by atoms with Gasteiger partial charge in [-0.05, 0) is 50.8 Å². The van der Waals surface area contributed by atoms with Crippen molar-refractivity contribution >= 4 is 83.3 Å². The lowest BCUT2D eigenvalue weighted by Gasteiger charge is -2.34. The lowest BCUT2D eigenvalue weighted by molar-refractivity contribution is -0.143. The summed E-state index contributed by atoms with van der Waals surface area (Å²) in [5.74, 6) is -1.20. The highest BCUT2D eigenvalue weighted by Gasteiger charge is 2.36. The first-order chi connectivity index (χ1) is 19.7. The van der Waals surface area contributed by atoms with E-state index in [-0.39, 0.29) is 39.9 Å². The first-order valence-corrected chi connectivity index (χ1v) is 18.1. The third-order valence-corrected chi connectivity index (χ3v) is 12.1. The summed E-state index contributed by atoms with van der Waals surface area (Å²) in [4.78, 5) is 45.2. The Morgan fingerprint density at radius 2 is 1.88 bits per heavy atom. The van der Waals surface area contributed by atoms with Crippen LogP contribution in [0.25, 0.3) is 6.08 Å². The van der Waals surface area contributed by atoms with Crippen LogP contribution in [-0.2, 0) is 34.4 Å². The third kappa shape index (κ3) is 8.36. The number of amides is 3. The van der Waals surface area contributed by atoms with E-state index < -0.39 is 38.0 Å². The maximum Gasteiger partial charge on any atom is 0.252 e. The molecule has 2 saturated heterocycles. The van der Waals surface area contributed by atoms with Gasteiger partial charge in [-0.3, -0.25) is 14.4 Å². The molecule has 0 aromatic carbocycles. The molecule has 230 valence electrons. The van der Waals surface area contributed by atoms with E-state index in [0.717, 1.165) is 16.7 Å². The van der Waals surface area contributed by atoms with Gasteiger partial charge in [-0.15, -0.1) is 11.3 Å². The normalized spacial score (nSPS) is 20.0. The van der Waals surface area contributed by atoms with Gasteiger partial charge < -0.3 is 15.1 Å². The number of nitrogens with one attached hydrogen (secondary N) is 3. The molecule has 2 aliphatic heterocycles. The lowest BCUT2D eigenvalue weighted by Crippen LogP contribution is -2.55. The number of piperidine rings is 1. The molecule has 3 N–H and O–H groups in total. The minimum Gasteiger partial charge on any atom is -0.337 e. The van der Waals surface area contributed by atoms with Gasteiger partial charge in [0.1, 0.15) is 6.04 Å². The molecule has 2 aliphatic rings. The summed E-state index contributed by atoms with van der Waals surface area (Å²) < 4.78 is 56.5. The van der Waals surface area contributed by atoms with Gasteiger partial charge in [0.05, 0.1) is 16.6 Å². The van der Waals surface area contributed by atoms with E-state index in [2.05, 4.69) is 19.7 Å². The molecular formula is C24H31ClN6O7S4. The van der Waals surface area contributed by atoms with Crippen molar-refractivity contribution in [3.05, 3.63) is 32.4 Å². The van der Waals surface area contributed by atoms with Crippen LogP contribution in [0, 0.1) is 6.92 Å². The summed E-state index contributed by atoms with van der Waals surface area (Å²) in [5.41, 5.74) is 0.246. The average molecular weight is 679 g/mol. The molecule has 2 fully saturated rings. The second kappa shape index (κ2) is 13.5. The molecule has 42 heavy (non-hydrogen) atoms. The number of likely N-dealkylation sites (tertiary alicyclic amines) is 2. The fraction of sp³-hybridized carbons (Fsp3) is 0.500. The summed E-state index contributed by atoms with van der Waals surface area (Å²) in [6, 6.07) is 1.91. The molecule has 0 unspecified atom stereocenters. The van der Waals surface area contributed by atoms with Crippen LogP contribution >= 0.6 is 34.3 Å². The SMILES string of the molecule is CC(=O)Nc1nc(C)c(S(=O)(=O)NC[C@@H]2CCCN2C(=O)CN2CCC[C@H](NS(=O)(=O)C=Cc3ccc(Cl)s3)C2=O)s1. The van der Waals surface area contributed by atoms with E-state index in [9.17, 15) is 31.2 Å². The van der Waals surface area contributed by atoms with Gasteiger partial charge in [0.15, 0.2) is 9.34 Å². The number of carbonyl (C=O) groups excluding carboxylic acids is 3. The standard InChI is InChI=1S/C24H31ClN6O7S4/c1-15-23(40-24(27-15)28-16(2)32)42(37,38)26-13-17-5-3-11-31(17)21(33)14-30-10-4-6-19(22(30)34)29-41(35,36)12-9-18-7-8-20(25)39-18/h7-9,12,17,19,26,29H,3-6,10-11,13-14H2,1-2H3,(H,27,28,32)/t17-,19-/m0/s1. The van der Waals surface area contributed by atoms with Crippen molar-refractivity contribution in [1.82, 2.24) is 24.2 Å². The lowest BCUT2D eigenvalue weighted by atomic mass is 10.1. The van der Waals surface area contributed by atoms with Gasteiger partial charge in [-0.1, -0.05) is 22.9 Å². The van der Waals surface area contributed by atoms with Crippen molar-refractivity contribution in [3.63, 3.8) is 0 Å². The predicted octanol–water partition coefficient (Wildman–Crippen LogP) is 1.98. The van der Waals surface area contributed by atoms with Crippen molar-refractivity contribution in [3.8, 4) is 0 Å². The number of aryl methyl sites for hydroxylation is 1. The zero-order valence-corrected chi connectivity index (χ0v) is 26.9. The smallest absolute Gasteiger partial charge is 0.252 e. The Morgan fingerprint density at radius 1 is 1.14 bits per heavy atom. The Balaban J connectivity index is 1.34. The number of sulfonamides is 2. The summed E-state index contributed by atoms with van der Waals surface area (Å²) >= 11 is 7.93. The summed E-state index contributed by atoms with van der Waals surface area (Å²) in [6.07, 6.45) is 3.45. The second-order valence-corrected chi connectivity index (χ2v) is 16.2. The molecule has 0 radical (unpaired) electrons. The number of thiophene rings is 1. The number of carbonyl (C=O) groups is 3. The van der Waals surface area contributed by atoms with Crippen LogP contribution in [0.15, 0.2) is 21.7 Å². The van der Waals surface area contributed by atoms with Gasteiger partial charge in [-0.2, -0.15) is 4.72 Å². The van der Waals surface area contributed by atoms with E-state index in [4.69, 9.17) is 11.6 Å². The quantitative estimate of drug-likeness (QED) is 0.323. The molecule has 3 amide bonds. The molecule has 13 nitrogen and oxygen atoms in total. The number of rotatable bonds is 11. The highest BCUT2D eigenvalue weighted by Crippen LogP contribution is 2.28. The van der Waals surface area contributed by atoms with E-state index in [1.807, 2.05) is 0 Å². The van der Waals surface area contributed by atoms with Gasteiger partial charge >= 0.3 is 0 Å². The van der Waals surface area contributed by atoms with Crippen LogP contribution in [0.5, 0.6) is 0 Å². The monoisotopic (exact) mass is 678 g/mol. The molecule has 0 bridgehead atoms. The molecule has 2 atom stereocenters. The number of hydrogen-bond donors (Lipinski definition) is 3. The van der Waals surface area contributed by atoms with Gasteiger partial charge in [0.2, 0.25) is 27.7 Å². The first kappa shape index (κ1) is 32.5. The zero-order chi connectivity index (χ0) is 30.7. The Hall–Kier alpha value is -2.41. The summed E-state index contributed by atoms with van der Waals surface area (Å²) in [5, 5.41) is 3.63. The van der Waals surface area contributed by atoms with E-state index in [0.29, 0.717) is 48.0 Å². The second-order valence-electron chi connectivity index (χ2n) is 9.87. The molecule has 4 heterocycles. The van der Waals surface area contributed by atoms with Crippen LogP contribution in [-0.4, -0.2) is 87.6 Å². The van der Waals surface area contributed by atoms with E-state index in [1.54, 1.807) is 17.0 Å². The molecular weight excluding hydrogens is 648 g/mol. The third-order valence-electron chi connectivity index (χ3n) is 6.66. The Morgan fingerprint density at radius 3 is 2.57 bits per heavy atom. The topological polar surface area (TPSA) is 175 Å². The first-order valence-electron chi connectivity index (χ1n) is 13.0. The minimum atomic E-state index is -3.95. The maximum absolute atomic E-state index is 13.2. The van der Waals surface area contributed by atoms with Crippen LogP contribution < -0.4 is 14.8 Å². The van der Waals surface area contributed by atoms with Crippen LogP contribution in [0.3, 0.4) is 0 Å². The van der Waals surface area contributed by atoms with E-state index in [1.165, 1.54) is 36.2 Å². The Bertz CT molecular complexity index is 1590. The largest absolute Gasteiger partial charge is 0.337 e. The molecule has 0 saturated carbocycles. The van der Waals surface area contributed by atoms with Crippen molar-refractivity contribution in [2.45, 2.75) is 55.8 Å². The van der Waals surface area contributed by atoms with Crippen LogP contribution in [0.2, 0.25) is 4.34 Å². The molecule has 4 rings (SSSR count). The number of thiazole rings is 1. The maximum atomic E-state index is 13.2. The van der Waals surface area contributed by atoms with Crippen LogP contribution in [0.1, 0.15) is 43.2 Å². The predicted molar refractivity (Wildman–Crippen MR) is 161 cm³/mol. The van der Waals surface area contributed by atoms with Crippen molar-refractivity contribution in [2.75, 3.05) is 31.5 Å². The fourth-order valence-corrected chi connectivity index (χ4v) is 9.40. The van der Waals surface area contributed by atoms with Crippen molar-refractivity contribution in [2.24, 2.45) is 0 Å². The average Bonchev–Trinajstić information content (AvgIpc) is 3.63. The zero-order valence-electron chi connectivity index (χ0n) is 22.8. The summed E-state index contributed by atoms with van der Waals surface area (Å²) in [6.45, 7) is 3.27. The highest BCUT2D eigenvalue weighted by molar-refractivity contribution is 7.92. The van der Waals surface area contributed by atoms with Crippen LogP contribution in [0.4, 0.5) is 5.13 Å². The molecule has 0 spiro atoms. The van der Waals surface area contributed by atoms with Gasteiger partial charge in [-0.25, -0.2) is 26.5 Å². The number of hydrogen-bond acceptors (Lipinski definition) is 10. The molecule has 18 heteroatoms. The Kier molecular flexibility index (Phi) is 10.4. The molecule has 2 aromatic heterocycles. The number of halogens is 1. The van der Waals surface area contributed by atoms with Gasteiger partial charge in [0.25, 0.3) is 10.0 Å². The number of aromatic nitrogens is 1. The van der Waals surface area contributed by atoms with Gasteiger partial charge in [0, 0.05) is 42.9 Å².